The molecular formula is C14H28N2S. The van der Waals surface area contributed by atoms with Crippen LogP contribution in [-0.4, -0.2) is 41.6 Å². The first kappa shape index (κ1) is 13.7. The second kappa shape index (κ2) is 6.44. The average molecular weight is 256 g/mol. The summed E-state index contributed by atoms with van der Waals surface area (Å²) in [6.45, 7) is 8.26. The van der Waals surface area contributed by atoms with Crippen molar-refractivity contribution in [2.75, 3.05) is 25.4 Å². The minimum absolute atomic E-state index is 0.745. The summed E-state index contributed by atoms with van der Waals surface area (Å²) < 4.78 is 0. The Morgan fingerprint density at radius 3 is 2.59 bits per heavy atom. The van der Waals surface area contributed by atoms with Crippen LogP contribution in [0.25, 0.3) is 0 Å². The topological polar surface area (TPSA) is 29.3 Å². The highest BCUT2D eigenvalue weighted by Gasteiger charge is 2.30. The molecule has 2 nitrogen and oxygen atoms in total. The first-order valence-electron chi connectivity index (χ1n) is 7.28. The molecule has 2 aliphatic rings. The van der Waals surface area contributed by atoms with Crippen molar-refractivity contribution in [1.29, 1.82) is 0 Å². The van der Waals surface area contributed by atoms with Crippen LogP contribution in [0.2, 0.25) is 0 Å². The molecule has 3 heteroatoms. The zero-order valence-electron chi connectivity index (χ0n) is 11.4. The van der Waals surface area contributed by atoms with Crippen LogP contribution in [-0.2, 0) is 0 Å². The van der Waals surface area contributed by atoms with Crippen molar-refractivity contribution < 1.29 is 0 Å². The molecule has 0 aromatic rings. The molecule has 0 aromatic carbocycles. The molecule has 1 aliphatic carbocycles. The Kier molecular flexibility index (Phi) is 5.19. The van der Waals surface area contributed by atoms with Crippen molar-refractivity contribution >= 4 is 11.8 Å². The number of nitrogens with zero attached hydrogens (tertiary/aromatic N) is 1. The number of hydrogen-bond donors (Lipinski definition) is 1. The molecule has 0 spiro atoms. The molecule has 1 saturated carbocycles. The summed E-state index contributed by atoms with van der Waals surface area (Å²) in [6, 6.07) is 0.745. The third kappa shape index (κ3) is 3.39. The minimum Gasteiger partial charge on any atom is -0.330 e. The molecule has 0 radical (unpaired) electrons. The lowest BCUT2D eigenvalue weighted by molar-refractivity contribution is 0.127. The predicted octanol–water partition coefficient (Wildman–Crippen LogP) is 2.58. The summed E-state index contributed by atoms with van der Waals surface area (Å²) >= 11 is 2.13. The highest BCUT2D eigenvalue weighted by molar-refractivity contribution is 8.00. The van der Waals surface area contributed by atoms with Crippen molar-refractivity contribution in [2.45, 2.75) is 50.8 Å². The van der Waals surface area contributed by atoms with Crippen LogP contribution in [0.1, 0.15) is 39.5 Å². The van der Waals surface area contributed by atoms with E-state index >= 15 is 0 Å². The van der Waals surface area contributed by atoms with Gasteiger partial charge in [0, 0.05) is 30.1 Å². The fourth-order valence-corrected chi connectivity index (χ4v) is 4.55. The summed E-state index contributed by atoms with van der Waals surface area (Å²) in [7, 11) is 0. The number of rotatable bonds is 3. The Morgan fingerprint density at radius 1 is 1.18 bits per heavy atom. The molecule has 1 saturated heterocycles. The van der Waals surface area contributed by atoms with Gasteiger partial charge >= 0.3 is 0 Å². The zero-order chi connectivity index (χ0) is 12.3. The number of thioether (sulfide) groups is 1. The van der Waals surface area contributed by atoms with E-state index in [4.69, 9.17) is 5.73 Å². The van der Waals surface area contributed by atoms with Gasteiger partial charge in [0.25, 0.3) is 0 Å². The fourth-order valence-electron chi connectivity index (χ4n) is 3.39. The van der Waals surface area contributed by atoms with Crippen molar-refractivity contribution in [2.24, 2.45) is 17.6 Å². The summed E-state index contributed by atoms with van der Waals surface area (Å²) in [4.78, 5) is 2.72. The van der Waals surface area contributed by atoms with Crippen LogP contribution in [0, 0.1) is 11.8 Å². The molecule has 0 bridgehead atoms. The van der Waals surface area contributed by atoms with E-state index in [1.54, 1.807) is 0 Å². The molecule has 0 amide bonds. The Morgan fingerprint density at radius 2 is 1.88 bits per heavy atom. The monoisotopic (exact) mass is 256 g/mol. The van der Waals surface area contributed by atoms with Gasteiger partial charge in [-0.15, -0.1) is 0 Å². The van der Waals surface area contributed by atoms with Crippen LogP contribution < -0.4 is 5.73 Å². The van der Waals surface area contributed by atoms with Crippen molar-refractivity contribution in [3.63, 3.8) is 0 Å². The molecule has 2 fully saturated rings. The number of hydrogen-bond acceptors (Lipinski definition) is 3. The maximum atomic E-state index is 5.94. The summed E-state index contributed by atoms with van der Waals surface area (Å²) in [6.07, 6.45) is 5.61. The molecule has 4 atom stereocenters. The standard InChI is InChI=1S/C14H28N2S/c1-11-12(2)17-8-7-16(11)10-14-6-4-3-5-13(14)9-15/h11-14H,3-10,15H2,1-2H3. The van der Waals surface area contributed by atoms with Gasteiger partial charge in [-0.25, -0.2) is 0 Å². The van der Waals surface area contributed by atoms with Gasteiger partial charge in [0.05, 0.1) is 0 Å². The van der Waals surface area contributed by atoms with Crippen LogP contribution in [0.3, 0.4) is 0 Å². The van der Waals surface area contributed by atoms with Gasteiger partial charge in [-0.3, -0.25) is 4.90 Å². The third-order valence-electron chi connectivity index (χ3n) is 4.85. The van der Waals surface area contributed by atoms with Gasteiger partial charge in [0.15, 0.2) is 0 Å². The lowest BCUT2D eigenvalue weighted by Gasteiger charge is -2.42. The van der Waals surface area contributed by atoms with Crippen molar-refractivity contribution in [3.05, 3.63) is 0 Å². The SMILES string of the molecule is CC1SCCN(CC2CCCCC2CN)C1C. The minimum atomic E-state index is 0.745. The molecule has 2 rings (SSSR count). The fraction of sp³-hybridized carbons (Fsp3) is 1.00. The summed E-state index contributed by atoms with van der Waals surface area (Å²) in [5, 5.41) is 0.795. The molecular weight excluding hydrogens is 228 g/mol. The van der Waals surface area contributed by atoms with E-state index in [1.807, 2.05) is 0 Å². The zero-order valence-corrected chi connectivity index (χ0v) is 12.2. The van der Waals surface area contributed by atoms with E-state index in [0.717, 1.165) is 29.7 Å². The molecule has 2 N–H and O–H groups in total. The highest BCUT2D eigenvalue weighted by atomic mass is 32.2. The quantitative estimate of drug-likeness (QED) is 0.841. The lowest BCUT2D eigenvalue weighted by atomic mass is 9.79. The molecule has 100 valence electrons. The Balaban J connectivity index is 1.89. The van der Waals surface area contributed by atoms with Crippen molar-refractivity contribution in [3.8, 4) is 0 Å². The number of nitrogens with two attached hydrogens (primary N) is 1. The average Bonchev–Trinajstić information content (AvgIpc) is 2.35. The lowest BCUT2D eigenvalue weighted by Crippen LogP contribution is -2.48. The Hall–Kier alpha value is 0.270. The maximum absolute atomic E-state index is 5.94. The molecule has 4 unspecified atom stereocenters. The summed E-state index contributed by atoms with van der Waals surface area (Å²) in [5.41, 5.74) is 5.94. The van der Waals surface area contributed by atoms with E-state index in [0.29, 0.717) is 0 Å². The highest BCUT2D eigenvalue weighted by Crippen LogP contribution is 2.32. The van der Waals surface area contributed by atoms with Gasteiger partial charge < -0.3 is 5.73 Å². The molecule has 1 aliphatic heterocycles. The molecule has 17 heavy (non-hydrogen) atoms. The predicted molar refractivity (Wildman–Crippen MR) is 77.5 cm³/mol. The molecule has 1 heterocycles. The summed E-state index contributed by atoms with van der Waals surface area (Å²) in [5.74, 6) is 2.97. The maximum Gasteiger partial charge on any atom is 0.0184 e. The van der Waals surface area contributed by atoms with Gasteiger partial charge in [-0.1, -0.05) is 19.8 Å². The van der Waals surface area contributed by atoms with Crippen molar-refractivity contribution in [1.82, 2.24) is 4.90 Å². The largest absolute Gasteiger partial charge is 0.330 e. The van der Waals surface area contributed by atoms with E-state index in [-0.39, 0.29) is 0 Å². The van der Waals surface area contributed by atoms with Crippen LogP contribution in [0.5, 0.6) is 0 Å². The normalized spacial score (nSPS) is 40.4. The second-order valence-electron chi connectivity index (χ2n) is 5.85. The van der Waals surface area contributed by atoms with Crippen LogP contribution in [0.4, 0.5) is 0 Å². The van der Waals surface area contributed by atoms with E-state index in [1.165, 1.54) is 44.5 Å². The van der Waals surface area contributed by atoms with Crippen LogP contribution in [0.15, 0.2) is 0 Å². The third-order valence-corrected chi connectivity index (χ3v) is 6.19. The Bertz CT molecular complexity index is 228. The second-order valence-corrected chi connectivity index (χ2v) is 7.34. The van der Waals surface area contributed by atoms with Gasteiger partial charge in [-0.2, -0.15) is 11.8 Å². The Labute approximate surface area is 111 Å². The first-order chi connectivity index (χ1) is 8.22. The van der Waals surface area contributed by atoms with Crippen LogP contribution >= 0.6 is 11.8 Å². The molecule has 0 aromatic heterocycles. The van der Waals surface area contributed by atoms with E-state index in [2.05, 4.69) is 30.5 Å². The van der Waals surface area contributed by atoms with E-state index < -0.39 is 0 Å². The van der Waals surface area contributed by atoms with E-state index in [9.17, 15) is 0 Å². The van der Waals surface area contributed by atoms with Gasteiger partial charge in [0.1, 0.15) is 0 Å². The van der Waals surface area contributed by atoms with Gasteiger partial charge in [-0.05, 0) is 38.1 Å². The van der Waals surface area contributed by atoms with Gasteiger partial charge in [0.2, 0.25) is 0 Å². The smallest absolute Gasteiger partial charge is 0.0184 e. The first-order valence-corrected chi connectivity index (χ1v) is 8.33.